The molecule has 0 amide bonds. The summed E-state index contributed by atoms with van der Waals surface area (Å²) in [6.45, 7) is 0. The van der Waals surface area contributed by atoms with Crippen LogP contribution in [0.25, 0.3) is 11.1 Å². The van der Waals surface area contributed by atoms with Crippen molar-refractivity contribution in [2.75, 3.05) is 5.73 Å². The average molecular weight is 327 g/mol. The smallest absolute Gasteiger partial charge is 0.238 e. The van der Waals surface area contributed by atoms with Crippen LogP contribution in [0.1, 0.15) is 0 Å². The molecule has 0 aliphatic carbocycles. The first-order valence-corrected chi connectivity index (χ1v) is 8.74. The Morgan fingerprint density at radius 2 is 1.38 bits per heavy atom. The molecule has 0 spiro atoms. The molecule has 0 atom stereocenters. The van der Waals surface area contributed by atoms with E-state index in [4.69, 9.17) is 16.0 Å². The van der Waals surface area contributed by atoms with Gasteiger partial charge in [-0.25, -0.2) is 27.1 Å². The molecule has 6 N–H and O–H groups in total. The number of anilines is 1. The number of primary sulfonamides is 2. The van der Waals surface area contributed by atoms with Crippen molar-refractivity contribution in [3.8, 4) is 11.1 Å². The fourth-order valence-electron chi connectivity index (χ4n) is 1.88. The Hall–Kier alpha value is -1.94. The minimum atomic E-state index is -3.98. The Balaban J connectivity index is 2.80. The molecule has 0 fully saturated rings. The van der Waals surface area contributed by atoms with Gasteiger partial charge in [0.1, 0.15) is 0 Å². The van der Waals surface area contributed by atoms with Crippen LogP contribution in [0.15, 0.2) is 52.3 Å². The molecular weight excluding hydrogens is 314 g/mol. The second-order valence-corrected chi connectivity index (χ2v) is 7.43. The van der Waals surface area contributed by atoms with Crippen LogP contribution in [0.2, 0.25) is 0 Å². The van der Waals surface area contributed by atoms with Gasteiger partial charge in [0.15, 0.2) is 0 Å². The highest BCUT2D eigenvalue weighted by Gasteiger charge is 2.18. The van der Waals surface area contributed by atoms with Gasteiger partial charge in [-0.1, -0.05) is 18.2 Å². The summed E-state index contributed by atoms with van der Waals surface area (Å²) in [5.74, 6) is 0. The summed E-state index contributed by atoms with van der Waals surface area (Å²) in [6, 6.07) is 9.69. The first kappa shape index (κ1) is 15.4. The third-order valence-electron chi connectivity index (χ3n) is 2.84. The third-order valence-corrected chi connectivity index (χ3v) is 4.72. The largest absolute Gasteiger partial charge is 0.398 e. The first-order valence-electron chi connectivity index (χ1n) is 5.65. The van der Waals surface area contributed by atoms with Crippen molar-refractivity contribution in [3.05, 3.63) is 42.5 Å². The van der Waals surface area contributed by atoms with E-state index < -0.39 is 20.0 Å². The lowest BCUT2D eigenvalue weighted by Crippen LogP contribution is -2.14. The molecule has 0 radical (unpaired) electrons. The quantitative estimate of drug-likeness (QED) is 0.690. The third kappa shape index (κ3) is 3.22. The standard InChI is InChI=1S/C12H13N3O4S2/c13-11-6-5-8(20(14,16)17)7-10(11)9-3-1-2-4-12(9)21(15,18)19/h1-7H,13H2,(H2,14,16,17)(H2,15,18,19). The maximum atomic E-state index is 11.6. The van der Waals surface area contributed by atoms with Crippen molar-refractivity contribution in [2.45, 2.75) is 9.79 Å². The number of sulfonamides is 2. The van der Waals surface area contributed by atoms with Gasteiger partial charge in [0.05, 0.1) is 9.79 Å². The van der Waals surface area contributed by atoms with Gasteiger partial charge in [0.2, 0.25) is 20.0 Å². The Kier molecular flexibility index (Phi) is 3.76. The van der Waals surface area contributed by atoms with Crippen molar-refractivity contribution in [2.24, 2.45) is 10.3 Å². The molecule has 0 aliphatic heterocycles. The van der Waals surface area contributed by atoms with Crippen LogP contribution in [-0.2, 0) is 20.0 Å². The molecule has 0 bridgehead atoms. The van der Waals surface area contributed by atoms with E-state index in [1.54, 1.807) is 6.07 Å². The second-order valence-electron chi connectivity index (χ2n) is 4.34. The molecule has 2 aromatic carbocycles. The SMILES string of the molecule is Nc1ccc(S(N)(=O)=O)cc1-c1ccccc1S(N)(=O)=O. The average Bonchev–Trinajstić information content (AvgIpc) is 2.37. The number of rotatable bonds is 3. The number of benzene rings is 2. The minimum absolute atomic E-state index is 0.150. The van der Waals surface area contributed by atoms with E-state index in [2.05, 4.69) is 0 Å². The molecular formula is C12H13N3O4S2. The van der Waals surface area contributed by atoms with E-state index in [9.17, 15) is 16.8 Å². The van der Waals surface area contributed by atoms with Gasteiger partial charge in [0, 0.05) is 16.8 Å². The van der Waals surface area contributed by atoms with E-state index in [1.807, 2.05) is 0 Å². The summed E-state index contributed by atoms with van der Waals surface area (Å²) in [5, 5.41) is 10.2. The normalized spacial score (nSPS) is 12.3. The van der Waals surface area contributed by atoms with E-state index >= 15 is 0 Å². The summed E-state index contributed by atoms with van der Waals surface area (Å²) in [7, 11) is -7.92. The van der Waals surface area contributed by atoms with Crippen molar-refractivity contribution < 1.29 is 16.8 Å². The van der Waals surface area contributed by atoms with Gasteiger partial charge < -0.3 is 5.73 Å². The molecule has 0 aromatic heterocycles. The second kappa shape index (κ2) is 5.11. The zero-order valence-corrected chi connectivity index (χ0v) is 12.4. The van der Waals surface area contributed by atoms with Crippen LogP contribution in [0.4, 0.5) is 5.69 Å². The monoisotopic (exact) mass is 327 g/mol. The van der Waals surface area contributed by atoms with Gasteiger partial charge in [-0.2, -0.15) is 0 Å². The van der Waals surface area contributed by atoms with Crippen LogP contribution in [0, 0.1) is 0 Å². The van der Waals surface area contributed by atoms with E-state index in [0.717, 1.165) is 0 Å². The predicted octanol–water partition coefficient (Wildman–Crippen LogP) is 0.231. The summed E-state index contributed by atoms with van der Waals surface area (Å²) in [4.78, 5) is -0.320. The van der Waals surface area contributed by atoms with Gasteiger partial charge in [0.25, 0.3) is 0 Å². The summed E-state index contributed by atoms with van der Waals surface area (Å²) in [6.07, 6.45) is 0. The highest BCUT2D eigenvalue weighted by atomic mass is 32.2. The molecule has 7 nitrogen and oxygen atoms in total. The number of hydrogen-bond donors (Lipinski definition) is 3. The van der Waals surface area contributed by atoms with Gasteiger partial charge in [-0.3, -0.25) is 0 Å². The van der Waals surface area contributed by atoms with E-state index in [0.29, 0.717) is 0 Å². The van der Waals surface area contributed by atoms with Gasteiger partial charge >= 0.3 is 0 Å². The highest BCUT2D eigenvalue weighted by Crippen LogP contribution is 2.32. The van der Waals surface area contributed by atoms with Crippen molar-refractivity contribution in [3.63, 3.8) is 0 Å². The topological polar surface area (TPSA) is 146 Å². The zero-order chi connectivity index (χ0) is 15.8. The molecule has 112 valence electrons. The first-order chi connectivity index (χ1) is 9.60. The molecule has 0 heterocycles. The fraction of sp³-hybridized carbons (Fsp3) is 0. The van der Waals surface area contributed by atoms with Gasteiger partial charge in [-0.05, 0) is 24.3 Å². The van der Waals surface area contributed by atoms with E-state index in [-0.39, 0.29) is 26.6 Å². The maximum Gasteiger partial charge on any atom is 0.238 e. The summed E-state index contributed by atoms with van der Waals surface area (Å²) in [5.41, 5.74) is 6.45. The lowest BCUT2D eigenvalue weighted by atomic mass is 10.0. The lowest BCUT2D eigenvalue weighted by molar-refractivity contribution is 0.596. The Labute approximate surface area is 122 Å². The van der Waals surface area contributed by atoms with Crippen LogP contribution >= 0.6 is 0 Å². The molecule has 2 rings (SSSR count). The summed E-state index contributed by atoms with van der Waals surface area (Å²) < 4.78 is 46.0. The van der Waals surface area contributed by atoms with Crippen LogP contribution in [-0.4, -0.2) is 16.8 Å². The molecule has 9 heteroatoms. The molecule has 0 saturated carbocycles. The molecule has 0 unspecified atom stereocenters. The fourth-order valence-corrected chi connectivity index (χ4v) is 3.18. The van der Waals surface area contributed by atoms with Crippen LogP contribution < -0.4 is 16.0 Å². The minimum Gasteiger partial charge on any atom is -0.398 e. The molecule has 2 aromatic rings. The Bertz CT molecular complexity index is 906. The molecule has 0 aliphatic rings. The predicted molar refractivity (Wildman–Crippen MR) is 79.0 cm³/mol. The van der Waals surface area contributed by atoms with Crippen LogP contribution in [0.3, 0.4) is 0 Å². The van der Waals surface area contributed by atoms with Crippen molar-refractivity contribution in [1.82, 2.24) is 0 Å². The number of nitrogens with two attached hydrogens (primary N) is 3. The zero-order valence-electron chi connectivity index (χ0n) is 10.7. The van der Waals surface area contributed by atoms with E-state index in [1.165, 1.54) is 36.4 Å². The number of hydrogen-bond acceptors (Lipinski definition) is 5. The van der Waals surface area contributed by atoms with Crippen LogP contribution in [0.5, 0.6) is 0 Å². The van der Waals surface area contributed by atoms with Gasteiger partial charge in [-0.15, -0.1) is 0 Å². The van der Waals surface area contributed by atoms with Crippen molar-refractivity contribution in [1.29, 1.82) is 0 Å². The number of nitrogen functional groups attached to an aromatic ring is 1. The molecule has 21 heavy (non-hydrogen) atoms. The summed E-state index contributed by atoms with van der Waals surface area (Å²) >= 11 is 0. The Morgan fingerprint density at radius 1 is 0.762 bits per heavy atom. The maximum absolute atomic E-state index is 11.6. The lowest BCUT2D eigenvalue weighted by Gasteiger charge is -2.11. The highest BCUT2D eigenvalue weighted by molar-refractivity contribution is 7.89. The Morgan fingerprint density at radius 3 is 1.95 bits per heavy atom. The van der Waals surface area contributed by atoms with Crippen molar-refractivity contribution >= 4 is 25.7 Å². The molecule has 0 saturated heterocycles.